The van der Waals surface area contributed by atoms with E-state index >= 15 is 0 Å². The third kappa shape index (κ3) is 24.0. The maximum atomic E-state index is 5.61. The van der Waals surface area contributed by atoms with Gasteiger partial charge in [0.2, 0.25) is 0 Å². The van der Waals surface area contributed by atoms with Gasteiger partial charge in [-0.25, -0.2) is 0 Å². The van der Waals surface area contributed by atoms with E-state index in [0.717, 1.165) is 0 Å². The molecule has 0 aromatic carbocycles. The Morgan fingerprint density at radius 1 is 0.667 bits per heavy atom. The minimum absolute atomic E-state index is 0. The zero-order valence-electron chi connectivity index (χ0n) is 13.3. The molecule has 1 unspecified atom stereocenters. The van der Waals surface area contributed by atoms with Gasteiger partial charge in [0.15, 0.2) is 6.29 Å². The van der Waals surface area contributed by atoms with Crippen LogP contribution in [0.5, 0.6) is 0 Å². The highest BCUT2D eigenvalue weighted by atomic mass is 16.7. The number of ether oxygens (including phenoxy) is 6. The van der Waals surface area contributed by atoms with Crippen molar-refractivity contribution in [2.75, 3.05) is 67.1 Å². The van der Waals surface area contributed by atoms with E-state index in [1.54, 1.807) is 14.2 Å². The highest BCUT2D eigenvalue weighted by Gasteiger charge is 2.12. The first-order valence-corrected chi connectivity index (χ1v) is 7.11. The van der Waals surface area contributed by atoms with Crippen LogP contribution in [0.1, 0.15) is 43.6 Å². The van der Waals surface area contributed by atoms with E-state index in [-0.39, 0.29) is 41.9 Å². The van der Waals surface area contributed by atoms with Crippen molar-refractivity contribution in [3.63, 3.8) is 0 Å². The summed E-state index contributed by atoms with van der Waals surface area (Å²) < 4.78 is 31.9. The summed E-state index contributed by atoms with van der Waals surface area (Å²) in [5.74, 6) is 0.173. The normalized spacial score (nSPS) is 10.9. The van der Waals surface area contributed by atoms with Crippen LogP contribution in [-0.2, 0) is 28.4 Å². The molecule has 0 aromatic heterocycles. The molecule has 6 heteroatoms. The zero-order chi connectivity index (χ0) is 15.1. The van der Waals surface area contributed by atoms with Gasteiger partial charge >= 0.3 is 0 Å². The molecule has 0 fully saturated rings. The molecule has 0 saturated heterocycles. The molecule has 6 nitrogen and oxygen atoms in total. The molecule has 154 valence electrons. The number of rotatable bonds is 15. The first kappa shape index (κ1) is 35.0. The Bertz CT molecular complexity index is 180. The molecule has 0 aromatic rings. The van der Waals surface area contributed by atoms with E-state index in [4.69, 9.17) is 28.4 Å². The fraction of sp³-hybridized carbons (Fsp3) is 1.00. The van der Waals surface area contributed by atoms with Crippen molar-refractivity contribution in [1.29, 1.82) is 0 Å². The van der Waals surface area contributed by atoms with Gasteiger partial charge in [0, 0.05) is 26.7 Å². The largest absolute Gasteiger partial charge is 0.382 e. The van der Waals surface area contributed by atoms with Gasteiger partial charge in [0.05, 0.1) is 46.2 Å². The summed E-state index contributed by atoms with van der Waals surface area (Å²) >= 11 is 0. The highest BCUT2D eigenvalue weighted by Crippen LogP contribution is 2.04. The molecule has 0 heterocycles. The zero-order valence-corrected chi connectivity index (χ0v) is 13.3. The van der Waals surface area contributed by atoms with Crippen molar-refractivity contribution in [1.82, 2.24) is 0 Å². The van der Waals surface area contributed by atoms with Crippen molar-refractivity contribution in [3.05, 3.63) is 0 Å². The molecular formula is C18H46O6. The quantitative estimate of drug-likeness (QED) is 0.327. The summed E-state index contributed by atoms with van der Waals surface area (Å²) in [7, 11) is 3.31. The monoisotopic (exact) mass is 358 g/mol. The minimum Gasteiger partial charge on any atom is -0.382 e. The van der Waals surface area contributed by atoms with Crippen LogP contribution in [0.4, 0.5) is 0 Å². The third-order valence-corrected chi connectivity index (χ3v) is 2.54. The Balaban J connectivity index is -0.000000301. The van der Waals surface area contributed by atoms with Crippen molar-refractivity contribution in [2.24, 2.45) is 5.92 Å². The van der Waals surface area contributed by atoms with Gasteiger partial charge in [0.1, 0.15) is 0 Å². The maximum Gasteiger partial charge on any atom is 0.154 e. The molecular weight excluding hydrogens is 312 g/mol. The molecule has 0 N–H and O–H groups in total. The SMILES string of the molecule is C.C.C.C.CCOC(C)OCC(COCCOC)COCCOC. The topological polar surface area (TPSA) is 55.4 Å². The Morgan fingerprint density at radius 3 is 1.50 bits per heavy atom. The van der Waals surface area contributed by atoms with Gasteiger partial charge in [-0.05, 0) is 13.8 Å². The van der Waals surface area contributed by atoms with Crippen LogP contribution in [0.3, 0.4) is 0 Å². The second-order valence-electron chi connectivity index (χ2n) is 4.36. The lowest BCUT2D eigenvalue weighted by Gasteiger charge is -2.20. The average Bonchev–Trinajstić information content (AvgIpc) is 2.44. The molecule has 0 bridgehead atoms. The predicted octanol–water partition coefficient (Wildman–Crippen LogP) is 3.87. The summed E-state index contributed by atoms with van der Waals surface area (Å²) in [6.45, 7) is 8.50. The number of hydrogen-bond acceptors (Lipinski definition) is 6. The lowest BCUT2D eigenvalue weighted by atomic mass is 10.2. The van der Waals surface area contributed by atoms with E-state index in [1.165, 1.54) is 0 Å². The van der Waals surface area contributed by atoms with Gasteiger partial charge in [-0.3, -0.25) is 0 Å². The van der Waals surface area contributed by atoms with Crippen molar-refractivity contribution in [3.8, 4) is 0 Å². The van der Waals surface area contributed by atoms with Crippen molar-refractivity contribution in [2.45, 2.75) is 49.8 Å². The van der Waals surface area contributed by atoms with E-state index in [1.807, 2.05) is 13.8 Å². The van der Waals surface area contributed by atoms with Crippen molar-refractivity contribution >= 4 is 0 Å². The lowest BCUT2D eigenvalue weighted by molar-refractivity contribution is -0.144. The Kier molecular flexibility index (Phi) is 40.2. The molecule has 0 rings (SSSR count). The van der Waals surface area contributed by atoms with Crippen LogP contribution in [-0.4, -0.2) is 73.4 Å². The fourth-order valence-electron chi connectivity index (χ4n) is 1.48. The maximum absolute atomic E-state index is 5.61. The Labute approximate surface area is 152 Å². The van der Waals surface area contributed by atoms with Crippen LogP contribution >= 0.6 is 0 Å². The molecule has 0 amide bonds. The first-order chi connectivity index (χ1) is 9.74. The van der Waals surface area contributed by atoms with Gasteiger partial charge < -0.3 is 28.4 Å². The fourth-order valence-corrected chi connectivity index (χ4v) is 1.48. The van der Waals surface area contributed by atoms with Gasteiger partial charge in [0.25, 0.3) is 0 Å². The van der Waals surface area contributed by atoms with Gasteiger partial charge in [-0.2, -0.15) is 0 Å². The second-order valence-corrected chi connectivity index (χ2v) is 4.36. The summed E-state index contributed by atoms with van der Waals surface area (Å²) in [5, 5.41) is 0. The van der Waals surface area contributed by atoms with Crippen LogP contribution < -0.4 is 0 Å². The van der Waals surface area contributed by atoms with Crippen LogP contribution in [0.2, 0.25) is 0 Å². The van der Waals surface area contributed by atoms with Crippen LogP contribution in [0, 0.1) is 5.92 Å². The Hall–Kier alpha value is -0.240. The standard InChI is InChI=1S/C14H30O6.4CH4/c1-5-19-13(2)20-12-14(10-17-8-6-15-3)11-18-9-7-16-4;;;;/h13-14H,5-12H2,1-4H3;4*1H4. The van der Waals surface area contributed by atoms with Crippen LogP contribution in [0.25, 0.3) is 0 Å². The molecule has 0 saturated carbocycles. The van der Waals surface area contributed by atoms with Crippen molar-refractivity contribution < 1.29 is 28.4 Å². The third-order valence-electron chi connectivity index (χ3n) is 2.54. The lowest BCUT2D eigenvalue weighted by Crippen LogP contribution is -2.26. The molecule has 0 spiro atoms. The Morgan fingerprint density at radius 2 is 1.12 bits per heavy atom. The summed E-state index contributed by atoms with van der Waals surface area (Å²) in [6, 6.07) is 0. The molecule has 0 aliphatic rings. The van der Waals surface area contributed by atoms with Gasteiger partial charge in [-0.15, -0.1) is 0 Å². The second kappa shape index (κ2) is 27.6. The van der Waals surface area contributed by atoms with Gasteiger partial charge in [-0.1, -0.05) is 29.7 Å². The van der Waals surface area contributed by atoms with E-state index in [0.29, 0.717) is 52.9 Å². The molecule has 0 aliphatic heterocycles. The first-order valence-electron chi connectivity index (χ1n) is 7.11. The summed E-state index contributed by atoms with van der Waals surface area (Å²) in [5.41, 5.74) is 0. The molecule has 24 heavy (non-hydrogen) atoms. The number of hydrogen-bond donors (Lipinski definition) is 0. The van der Waals surface area contributed by atoms with E-state index < -0.39 is 0 Å². The minimum atomic E-state index is -0.208. The number of methoxy groups -OCH3 is 2. The van der Waals surface area contributed by atoms with E-state index in [2.05, 4.69) is 0 Å². The predicted molar refractivity (Wildman–Crippen MR) is 103 cm³/mol. The molecule has 0 radical (unpaired) electrons. The summed E-state index contributed by atoms with van der Waals surface area (Å²) in [4.78, 5) is 0. The molecule has 0 aliphatic carbocycles. The highest BCUT2D eigenvalue weighted by molar-refractivity contribution is 4.57. The average molecular weight is 359 g/mol. The molecule has 1 atom stereocenters. The summed E-state index contributed by atoms with van der Waals surface area (Å²) in [6.07, 6.45) is -0.208. The van der Waals surface area contributed by atoms with E-state index in [9.17, 15) is 0 Å². The van der Waals surface area contributed by atoms with Crippen LogP contribution in [0.15, 0.2) is 0 Å². The smallest absolute Gasteiger partial charge is 0.154 e.